The first kappa shape index (κ1) is 25.9. The van der Waals surface area contributed by atoms with Crippen LogP contribution in [0.3, 0.4) is 0 Å². The predicted octanol–water partition coefficient (Wildman–Crippen LogP) is 6.16. The lowest BCUT2D eigenvalue weighted by Gasteiger charge is -2.34. The lowest BCUT2D eigenvalue weighted by molar-refractivity contribution is -0.113. The van der Waals surface area contributed by atoms with E-state index in [2.05, 4.69) is 62.2 Å². The van der Waals surface area contributed by atoms with Crippen LogP contribution >= 0.6 is 23.4 Å². The van der Waals surface area contributed by atoms with Crippen molar-refractivity contribution in [3.05, 3.63) is 64.4 Å². The van der Waals surface area contributed by atoms with Crippen LogP contribution in [0.5, 0.6) is 0 Å². The number of hydrogen-bond donors (Lipinski definition) is 1. The van der Waals surface area contributed by atoms with Crippen molar-refractivity contribution in [3.63, 3.8) is 0 Å². The molecule has 2 aliphatic rings. The van der Waals surface area contributed by atoms with Gasteiger partial charge in [0.15, 0.2) is 5.66 Å². The first-order valence-corrected chi connectivity index (χ1v) is 13.4. The van der Waals surface area contributed by atoms with Crippen LogP contribution in [-0.2, 0) is 10.2 Å². The van der Waals surface area contributed by atoms with Gasteiger partial charge in [-0.15, -0.1) is 0 Å². The van der Waals surface area contributed by atoms with Crippen LogP contribution in [0, 0.1) is 5.82 Å². The molecule has 8 heteroatoms. The summed E-state index contributed by atoms with van der Waals surface area (Å²) in [6.07, 6.45) is 1.74. The summed E-state index contributed by atoms with van der Waals surface area (Å²) in [6, 6.07) is 12.7. The van der Waals surface area contributed by atoms with Gasteiger partial charge in [0.05, 0.1) is 16.5 Å². The molecule has 0 aliphatic carbocycles. The van der Waals surface area contributed by atoms with E-state index in [4.69, 9.17) is 21.6 Å². The molecule has 5 nitrogen and oxygen atoms in total. The number of amides is 1. The summed E-state index contributed by atoms with van der Waals surface area (Å²) in [7, 11) is 0. The summed E-state index contributed by atoms with van der Waals surface area (Å²) in [5.41, 5.74) is 3.21. The summed E-state index contributed by atoms with van der Waals surface area (Å²) in [6.45, 7) is 11.7. The molecule has 0 bridgehead atoms. The normalized spacial score (nSPS) is 17.9. The van der Waals surface area contributed by atoms with Crippen molar-refractivity contribution in [2.45, 2.75) is 51.6 Å². The zero-order valence-corrected chi connectivity index (χ0v) is 22.3. The number of carbonyl (C=O) groups excluding carboxylic acids is 1. The van der Waals surface area contributed by atoms with E-state index in [1.165, 1.54) is 35.5 Å². The molecule has 0 unspecified atom stereocenters. The Morgan fingerprint density at radius 2 is 1.83 bits per heavy atom. The minimum atomic E-state index is -0.517. The molecule has 186 valence electrons. The van der Waals surface area contributed by atoms with Gasteiger partial charge < -0.3 is 10.2 Å². The highest BCUT2D eigenvalue weighted by molar-refractivity contribution is 8.16. The molecule has 1 spiro atoms. The van der Waals surface area contributed by atoms with Crippen molar-refractivity contribution in [2.24, 2.45) is 9.98 Å². The Hall–Kier alpha value is -2.22. The van der Waals surface area contributed by atoms with Gasteiger partial charge in [0, 0.05) is 37.2 Å². The van der Waals surface area contributed by atoms with Gasteiger partial charge in [0.2, 0.25) is 5.91 Å². The number of anilines is 1. The van der Waals surface area contributed by atoms with Gasteiger partial charge in [-0.05, 0) is 35.7 Å². The number of carbonyl (C=O) groups is 1. The molecular formula is C27H32ClFN4OS. The summed E-state index contributed by atoms with van der Waals surface area (Å²) in [5, 5.41) is 3.56. The van der Waals surface area contributed by atoms with E-state index < -0.39 is 11.5 Å². The topological polar surface area (TPSA) is 57.1 Å². The van der Waals surface area contributed by atoms with E-state index in [1.54, 1.807) is 0 Å². The molecular weight excluding hydrogens is 483 g/mol. The molecule has 1 saturated heterocycles. The van der Waals surface area contributed by atoms with Crippen LogP contribution in [0.25, 0.3) is 0 Å². The van der Waals surface area contributed by atoms with Crippen LogP contribution in [0.15, 0.2) is 52.4 Å². The monoisotopic (exact) mass is 514 g/mol. The lowest BCUT2D eigenvalue weighted by atomic mass is 9.86. The van der Waals surface area contributed by atoms with Crippen molar-refractivity contribution >= 4 is 45.7 Å². The maximum Gasteiger partial charge on any atom is 0.234 e. The van der Waals surface area contributed by atoms with Gasteiger partial charge >= 0.3 is 0 Å². The summed E-state index contributed by atoms with van der Waals surface area (Å²) >= 11 is 7.23. The van der Waals surface area contributed by atoms with Gasteiger partial charge in [-0.2, -0.15) is 0 Å². The SMILES string of the molecule is CCN1CCC2(CC1)N=C(SCC(=O)Nc1ccc(F)c(Cl)c1)C(c1ccc(C(C)(C)C)cc1)=N2. The molecule has 0 saturated carbocycles. The van der Waals surface area contributed by atoms with E-state index in [-0.39, 0.29) is 22.1 Å². The number of halogens is 2. The third-order valence-corrected chi connectivity index (χ3v) is 7.76. The van der Waals surface area contributed by atoms with E-state index in [1.807, 2.05) is 0 Å². The number of piperidine rings is 1. The molecule has 1 N–H and O–H groups in total. The van der Waals surface area contributed by atoms with E-state index in [0.29, 0.717) is 5.69 Å². The number of rotatable bonds is 5. The number of aliphatic imine (C=N–C) groups is 2. The first-order valence-electron chi connectivity index (χ1n) is 12.0. The number of benzene rings is 2. The minimum Gasteiger partial charge on any atom is -0.325 e. The fourth-order valence-corrected chi connectivity index (χ4v) is 5.35. The van der Waals surface area contributed by atoms with E-state index in [0.717, 1.165) is 48.8 Å². The van der Waals surface area contributed by atoms with Crippen LogP contribution in [-0.4, -0.2) is 52.6 Å². The van der Waals surface area contributed by atoms with Crippen molar-refractivity contribution in [3.8, 4) is 0 Å². The number of thioether (sulfide) groups is 1. The Balaban J connectivity index is 1.52. The number of nitrogens with one attached hydrogen (secondary N) is 1. The van der Waals surface area contributed by atoms with Crippen molar-refractivity contribution in [1.82, 2.24) is 4.90 Å². The van der Waals surface area contributed by atoms with Crippen molar-refractivity contribution < 1.29 is 9.18 Å². The average molecular weight is 515 g/mol. The molecule has 2 aliphatic heterocycles. The standard InChI is InChI=1S/C27H32ClFN4OS/c1-5-33-14-12-27(13-15-33)31-24(18-6-8-19(9-7-18)26(2,3)4)25(32-27)35-17-23(34)30-20-10-11-22(29)21(28)16-20/h6-11,16H,5,12-15,17H2,1-4H3,(H,30,34). The van der Waals surface area contributed by atoms with Crippen molar-refractivity contribution in [1.29, 1.82) is 0 Å². The quantitative estimate of drug-likeness (QED) is 0.519. The van der Waals surface area contributed by atoms with Crippen LogP contribution in [0.2, 0.25) is 5.02 Å². The van der Waals surface area contributed by atoms with E-state index in [9.17, 15) is 9.18 Å². The highest BCUT2D eigenvalue weighted by Crippen LogP contribution is 2.36. The zero-order chi connectivity index (χ0) is 25.2. The average Bonchev–Trinajstić information content (AvgIpc) is 3.18. The Bertz CT molecular complexity index is 1150. The zero-order valence-electron chi connectivity index (χ0n) is 20.7. The van der Waals surface area contributed by atoms with Crippen LogP contribution in [0.1, 0.15) is 51.7 Å². The third kappa shape index (κ3) is 6.13. The highest BCUT2D eigenvalue weighted by atomic mass is 35.5. The van der Waals surface area contributed by atoms with Crippen LogP contribution < -0.4 is 5.32 Å². The Morgan fingerprint density at radius 1 is 1.14 bits per heavy atom. The Kier molecular flexibility index (Phi) is 7.69. The molecule has 4 rings (SSSR count). The molecule has 0 radical (unpaired) electrons. The molecule has 0 aromatic heterocycles. The summed E-state index contributed by atoms with van der Waals surface area (Å²) in [5.74, 6) is -0.550. The molecule has 2 aromatic carbocycles. The van der Waals surface area contributed by atoms with Gasteiger partial charge in [-0.3, -0.25) is 9.79 Å². The third-order valence-electron chi connectivity index (χ3n) is 6.50. The molecule has 2 heterocycles. The number of nitrogens with zero attached hydrogens (tertiary/aromatic N) is 3. The first-order chi connectivity index (χ1) is 16.6. The maximum absolute atomic E-state index is 13.4. The molecule has 1 fully saturated rings. The summed E-state index contributed by atoms with van der Waals surface area (Å²) < 4.78 is 13.4. The molecule has 35 heavy (non-hydrogen) atoms. The fraction of sp³-hybridized carbons (Fsp3) is 0.444. The number of likely N-dealkylation sites (tertiary alicyclic amines) is 1. The fourth-order valence-electron chi connectivity index (χ4n) is 4.30. The smallest absolute Gasteiger partial charge is 0.234 e. The van der Waals surface area contributed by atoms with Gasteiger partial charge in [-0.25, -0.2) is 9.38 Å². The Labute approximate surface area is 216 Å². The molecule has 2 aromatic rings. The van der Waals surface area contributed by atoms with Gasteiger partial charge in [-0.1, -0.05) is 75.3 Å². The molecule has 1 amide bonds. The highest BCUT2D eigenvalue weighted by Gasteiger charge is 2.39. The summed E-state index contributed by atoms with van der Waals surface area (Å²) in [4.78, 5) is 25.3. The second-order valence-electron chi connectivity index (χ2n) is 10.1. The van der Waals surface area contributed by atoms with Gasteiger partial charge in [0.1, 0.15) is 10.9 Å². The van der Waals surface area contributed by atoms with Gasteiger partial charge in [0.25, 0.3) is 0 Å². The second kappa shape index (κ2) is 10.4. The second-order valence-corrected chi connectivity index (χ2v) is 11.5. The largest absolute Gasteiger partial charge is 0.325 e. The predicted molar refractivity (Wildman–Crippen MR) is 146 cm³/mol. The van der Waals surface area contributed by atoms with E-state index >= 15 is 0 Å². The van der Waals surface area contributed by atoms with Crippen molar-refractivity contribution in [2.75, 3.05) is 30.7 Å². The number of hydrogen-bond acceptors (Lipinski definition) is 5. The Morgan fingerprint density at radius 3 is 2.43 bits per heavy atom. The minimum absolute atomic E-state index is 0.0240. The maximum atomic E-state index is 13.4. The lowest BCUT2D eigenvalue weighted by Crippen LogP contribution is -2.41. The molecule has 0 atom stereocenters. The van der Waals surface area contributed by atoms with Crippen LogP contribution in [0.4, 0.5) is 10.1 Å².